The number of alkyl halides is 3. The number of aromatic nitrogens is 2. The molecule has 0 aliphatic carbocycles. The molecule has 1 heterocycles. The molecule has 1 aromatic rings. The highest BCUT2D eigenvalue weighted by Crippen LogP contribution is 2.15. The van der Waals surface area contributed by atoms with Crippen molar-refractivity contribution >= 4 is 5.82 Å². The molecule has 8 heteroatoms. The second kappa shape index (κ2) is 6.50. The lowest BCUT2D eigenvalue weighted by atomic mass is 10.4. The van der Waals surface area contributed by atoms with Crippen LogP contribution in [0.4, 0.5) is 19.0 Å². The third-order valence-corrected chi connectivity index (χ3v) is 1.87. The highest BCUT2D eigenvalue weighted by atomic mass is 19.4. The lowest BCUT2D eigenvalue weighted by Gasteiger charge is -2.09. The molecule has 0 fully saturated rings. The molecule has 5 nitrogen and oxygen atoms in total. The van der Waals surface area contributed by atoms with E-state index in [1.54, 1.807) is 13.1 Å². The fourth-order valence-electron chi connectivity index (χ4n) is 1.22. The van der Waals surface area contributed by atoms with Gasteiger partial charge in [-0.3, -0.25) is 0 Å². The van der Waals surface area contributed by atoms with Gasteiger partial charge in [0, 0.05) is 20.2 Å². The van der Waals surface area contributed by atoms with Crippen LogP contribution in [0.5, 0.6) is 0 Å². The van der Waals surface area contributed by atoms with Gasteiger partial charge in [0.15, 0.2) is 5.82 Å². The van der Waals surface area contributed by atoms with Crippen molar-refractivity contribution in [2.45, 2.75) is 19.4 Å². The predicted molar refractivity (Wildman–Crippen MR) is 58.0 cm³/mol. The average molecular weight is 265 g/mol. The second-order valence-electron chi connectivity index (χ2n) is 3.45. The highest BCUT2D eigenvalue weighted by molar-refractivity contribution is 5.34. The van der Waals surface area contributed by atoms with Crippen molar-refractivity contribution in [3.63, 3.8) is 0 Å². The van der Waals surface area contributed by atoms with Gasteiger partial charge >= 0.3 is 6.18 Å². The third kappa shape index (κ3) is 5.28. The van der Waals surface area contributed by atoms with E-state index < -0.39 is 12.8 Å². The van der Waals surface area contributed by atoms with Crippen molar-refractivity contribution < 1.29 is 22.6 Å². The first-order valence-electron chi connectivity index (χ1n) is 5.12. The summed E-state index contributed by atoms with van der Waals surface area (Å²) >= 11 is 0. The van der Waals surface area contributed by atoms with Gasteiger partial charge in [-0.1, -0.05) is 0 Å². The zero-order chi connectivity index (χ0) is 13.6. The van der Waals surface area contributed by atoms with Crippen LogP contribution in [-0.4, -0.2) is 36.9 Å². The van der Waals surface area contributed by atoms with E-state index in [-0.39, 0.29) is 19.0 Å². The summed E-state index contributed by atoms with van der Waals surface area (Å²) < 4.78 is 45.1. The topological polar surface area (TPSA) is 56.3 Å². The van der Waals surface area contributed by atoms with Gasteiger partial charge in [-0.25, -0.2) is 9.97 Å². The molecule has 18 heavy (non-hydrogen) atoms. The molecule has 0 radical (unpaired) electrons. The van der Waals surface area contributed by atoms with E-state index in [1.807, 2.05) is 0 Å². The Morgan fingerprint density at radius 1 is 1.28 bits per heavy atom. The monoisotopic (exact) mass is 265 g/mol. The number of hydrogen-bond donors (Lipinski definition) is 1. The zero-order valence-electron chi connectivity index (χ0n) is 10.0. The van der Waals surface area contributed by atoms with Crippen LogP contribution in [0.15, 0.2) is 6.07 Å². The summed E-state index contributed by atoms with van der Waals surface area (Å²) in [5.41, 5.74) is 0.572. The van der Waals surface area contributed by atoms with Crippen LogP contribution in [-0.2, 0) is 22.7 Å². The van der Waals surface area contributed by atoms with Gasteiger partial charge in [-0.15, -0.1) is 0 Å². The van der Waals surface area contributed by atoms with Gasteiger partial charge in [-0.05, 0) is 0 Å². The van der Waals surface area contributed by atoms with E-state index in [1.165, 1.54) is 7.11 Å². The molecule has 1 rings (SSSR count). The molecule has 0 atom stereocenters. The van der Waals surface area contributed by atoms with E-state index >= 15 is 0 Å². The summed E-state index contributed by atoms with van der Waals surface area (Å²) in [6, 6.07) is 1.65. The van der Waals surface area contributed by atoms with Gasteiger partial charge in [0.05, 0.1) is 12.3 Å². The van der Waals surface area contributed by atoms with Crippen LogP contribution in [0, 0.1) is 0 Å². The number of halogens is 3. The smallest absolute Gasteiger partial charge is 0.378 e. The lowest BCUT2D eigenvalue weighted by molar-refractivity contribution is -0.177. The van der Waals surface area contributed by atoms with Crippen molar-refractivity contribution in [2.24, 2.45) is 0 Å². The summed E-state index contributed by atoms with van der Waals surface area (Å²) in [6.07, 6.45) is -4.35. The van der Waals surface area contributed by atoms with Crippen LogP contribution >= 0.6 is 0 Å². The molecule has 0 saturated heterocycles. The Bertz CT molecular complexity index is 385. The molecule has 1 N–H and O–H groups in total. The summed E-state index contributed by atoms with van der Waals surface area (Å²) in [6.45, 7) is -1.37. The fraction of sp³-hybridized carbons (Fsp3) is 0.600. The van der Waals surface area contributed by atoms with Gasteiger partial charge in [0.25, 0.3) is 0 Å². The van der Waals surface area contributed by atoms with E-state index in [0.29, 0.717) is 11.5 Å². The molecule has 0 aliphatic heterocycles. The van der Waals surface area contributed by atoms with E-state index in [2.05, 4.69) is 20.0 Å². The molecule has 0 saturated carbocycles. The summed E-state index contributed by atoms with van der Waals surface area (Å²) in [7, 11) is 3.15. The largest absolute Gasteiger partial charge is 0.411 e. The Kier molecular flexibility index (Phi) is 5.29. The van der Waals surface area contributed by atoms with Crippen molar-refractivity contribution in [3.8, 4) is 0 Å². The summed E-state index contributed by atoms with van der Waals surface area (Å²) in [5, 5.41) is 2.79. The molecule has 0 unspecified atom stereocenters. The van der Waals surface area contributed by atoms with Crippen molar-refractivity contribution in [3.05, 3.63) is 17.6 Å². The molecule has 0 aliphatic rings. The van der Waals surface area contributed by atoms with Crippen LogP contribution in [0.1, 0.15) is 11.5 Å². The Morgan fingerprint density at radius 2 is 2.00 bits per heavy atom. The quantitative estimate of drug-likeness (QED) is 0.849. The van der Waals surface area contributed by atoms with Crippen molar-refractivity contribution in [1.82, 2.24) is 9.97 Å². The standard InChI is InChI=1S/C10H14F3N3O2/c1-14-8-3-7(4-17-2)15-9(16-8)5-18-6-10(11,12)13/h3H,4-6H2,1-2H3,(H,14,15,16). The Morgan fingerprint density at radius 3 is 2.56 bits per heavy atom. The minimum absolute atomic E-state index is 0.179. The molecular formula is C10H14F3N3O2. The van der Waals surface area contributed by atoms with Crippen molar-refractivity contribution in [1.29, 1.82) is 0 Å². The van der Waals surface area contributed by atoms with E-state index in [9.17, 15) is 13.2 Å². The van der Waals surface area contributed by atoms with Gasteiger partial charge < -0.3 is 14.8 Å². The second-order valence-corrected chi connectivity index (χ2v) is 3.45. The Balaban J connectivity index is 2.66. The zero-order valence-corrected chi connectivity index (χ0v) is 10.0. The van der Waals surface area contributed by atoms with Crippen LogP contribution in [0.25, 0.3) is 0 Å². The number of nitrogens with zero attached hydrogens (tertiary/aromatic N) is 2. The predicted octanol–water partition coefficient (Wildman–Crippen LogP) is 1.74. The highest BCUT2D eigenvalue weighted by Gasteiger charge is 2.27. The lowest BCUT2D eigenvalue weighted by Crippen LogP contribution is -2.17. The number of hydrogen-bond acceptors (Lipinski definition) is 5. The number of rotatable bonds is 6. The van der Waals surface area contributed by atoms with Gasteiger partial charge in [-0.2, -0.15) is 13.2 Å². The van der Waals surface area contributed by atoms with Crippen LogP contribution in [0.3, 0.4) is 0 Å². The third-order valence-electron chi connectivity index (χ3n) is 1.87. The number of methoxy groups -OCH3 is 1. The number of ether oxygens (including phenoxy) is 2. The molecule has 0 aromatic carbocycles. The number of nitrogens with one attached hydrogen (secondary N) is 1. The van der Waals surface area contributed by atoms with E-state index in [0.717, 1.165) is 0 Å². The molecule has 1 aromatic heterocycles. The number of anilines is 1. The van der Waals surface area contributed by atoms with Gasteiger partial charge in [0.2, 0.25) is 0 Å². The van der Waals surface area contributed by atoms with Crippen LogP contribution in [0.2, 0.25) is 0 Å². The first kappa shape index (κ1) is 14.7. The fourth-order valence-corrected chi connectivity index (χ4v) is 1.22. The first-order valence-corrected chi connectivity index (χ1v) is 5.12. The van der Waals surface area contributed by atoms with Crippen molar-refractivity contribution in [2.75, 3.05) is 26.1 Å². The Labute approximate surface area is 102 Å². The van der Waals surface area contributed by atoms with Gasteiger partial charge in [0.1, 0.15) is 19.0 Å². The minimum Gasteiger partial charge on any atom is -0.378 e. The molecule has 0 bridgehead atoms. The molecule has 0 amide bonds. The van der Waals surface area contributed by atoms with Crippen LogP contribution < -0.4 is 5.32 Å². The molecule has 0 spiro atoms. The maximum absolute atomic E-state index is 11.9. The maximum atomic E-state index is 11.9. The summed E-state index contributed by atoms with van der Waals surface area (Å²) in [4.78, 5) is 8.01. The first-order chi connectivity index (χ1) is 8.44. The average Bonchev–Trinajstić information content (AvgIpc) is 2.27. The molecular weight excluding hydrogens is 251 g/mol. The van der Waals surface area contributed by atoms with E-state index in [4.69, 9.17) is 4.74 Å². The molecule has 102 valence electrons. The SMILES string of the molecule is CNc1cc(COC)nc(COCC(F)(F)F)n1. The maximum Gasteiger partial charge on any atom is 0.411 e. The minimum atomic E-state index is -4.35. The normalized spacial score (nSPS) is 11.6. The Hall–Kier alpha value is -1.41. The summed E-state index contributed by atoms with van der Waals surface area (Å²) in [5.74, 6) is 0.681.